The molecule has 0 aliphatic heterocycles. The lowest BCUT2D eigenvalue weighted by atomic mass is 9.72. The topological polar surface area (TPSA) is 46.3 Å². The molecule has 0 radical (unpaired) electrons. The summed E-state index contributed by atoms with van der Waals surface area (Å²) in [5.74, 6) is 0.142. The SMILES string of the molecule is CCC(CC)N(C)C(=O)C1(C(N)=S)CCCCC1. The molecule has 0 unspecified atom stereocenters. The van der Waals surface area contributed by atoms with Crippen LogP contribution in [0.15, 0.2) is 0 Å². The number of nitrogens with two attached hydrogens (primary N) is 1. The summed E-state index contributed by atoms with van der Waals surface area (Å²) >= 11 is 5.21. The highest BCUT2D eigenvalue weighted by molar-refractivity contribution is 7.80. The second-order valence-electron chi connectivity index (χ2n) is 5.39. The van der Waals surface area contributed by atoms with Gasteiger partial charge in [0.25, 0.3) is 0 Å². The van der Waals surface area contributed by atoms with Crippen molar-refractivity contribution in [2.24, 2.45) is 11.1 Å². The standard InChI is InChI=1S/C14H26N2OS/c1-4-11(5-2)16(3)13(17)14(12(15)18)9-7-6-8-10-14/h11H,4-10H2,1-3H3,(H2,15,18). The van der Waals surface area contributed by atoms with Crippen LogP contribution in [-0.2, 0) is 4.79 Å². The van der Waals surface area contributed by atoms with Gasteiger partial charge in [-0.15, -0.1) is 0 Å². The van der Waals surface area contributed by atoms with E-state index >= 15 is 0 Å². The van der Waals surface area contributed by atoms with Crippen LogP contribution in [-0.4, -0.2) is 28.9 Å². The summed E-state index contributed by atoms with van der Waals surface area (Å²) in [4.78, 5) is 15.1. The van der Waals surface area contributed by atoms with E-state index in [1.807, 2.05) is 11.9 Å². The molecule has 1 saturated carbocycles. The van der Waals surface area contributed by atoms with Gasteiger partial charge in [-0.25, -0.2) is 0 Å². The van der Waals surface area contributed by atoms with Gasteiger partial charge in [-0.1, -0.05) is 45.3 Å². The van der Waals surface area contributed by atoms with Gasteiger partial charge < -0.3 is 10.6 Å². The molecule has 18 heavy (non-hydrogen) atoms. The summed E-state index contributed by atoms with van der Waals surface area (Å²) < 4.78 is 0. The molecule has 0 aromatic heterocycles. The number of rotatable bonds is 5. The van der Waals surface area contributed by atoms with Crippen LogP contribution in [0.2, 0.25) is 0 Å². The molecule has 1 amide bonds. The summed E-state index contributed by atoms with van der Waals surface area (Å²) in [6.07, 6.45) is 6.90. The van der Waals surface area contributed by atoms with E-state index < -0.39 is 5.41 Å². The zero-order valence-corrected chi connectivity index (χ0v) is 12.7. The number of carbonyl (C=O) groups is 1. The Labute approximate surface area is 116 Å². The first-order valence-corrected chi connectivity index (χ1v) is 7.47. The fourth-order valence-electron chi connectivity index (χ4n) is 3.06. The molecule has 4 heteroatoms. The zero-order chi connectivity index (χ0) is 13.8. The van der Waals surface area contributed by atoms with E-state index in [0.29, 0.717) is 11.0 Å². The van der Waals surface area contributed by atoms with E-state index in [2.05, 4.69) is 13.8 Å². The van der Waals surface area contributed by atoms with Gasteiger partial charge in [-0.2, -0.15) is 0 Å². The lowest BCUT2D eigenvalue weighted by Crippen LogP contribution is -2.52. The molecule has 0 aromatic carbocycles. The summed E-state index contributed by atoms with van der Waals surface area (Å²) in [6, 6.07) is 0.297. The Morgan fingerprint density at radius 3 is 2.17 bits per heavy atom. The van der Waals surface area contributed by atoms with Gasteiger partial charge in [-0.3, -0.25) is 4.79 Å². The van der Waals surface area contributed by atoms with Crippen LogP contribution in [0.1, 0.15) is 58.8 Å². The van der Waals surface area contributed by atoms with Crippen molar-refractivity contribution < 1.29 is 4.79 Å². The van der Waals surface area contributed by atoms with E-state index in [1.165, 1.54) is 6.42 Å². The van der Waals surface area contributed by atoms with Crippen LogP contribution in [0.25, 0.3) is 0 Å². The number of thiocarbonyl (C=S) groups is 1. The molecule has 0 aromatic rings. The van der Waals surface area contributed by atoms with E-state index in [-0.39, 0.29) is 5.91 Å². The summed E-state index contributed by atoms with van der Waals surface area (Å²) in [5, 5.41) is 0. The Hall–Kier alpha value is -0.640. The van der Waals surface area contributed by atoms with Gasteiger partial charge in [0.1, 0.15) is 0 Å². The van der Waals surface area contributed by atoms with Crippen molar-refractivity contribution in [3.8, 4) is 0 Å². The predicted octanol–water partition coefficient (Wildman–Crippen LogP) is 2.87. The number of carbonyl (C=O) groups excluding carboxylic acids is 1. The molecular formula is C14H26N2OS. The third-order valence-corrected chi connectivity index (χ3v) is 4.79. The maximum absolute atomic E-state index is 12.8. The smallest absolute Gasteiger partial charge is 0.235 e. The Morgan fingerprint density at radius 2 is 1.78 bits per heavy atom. The van der Waals surface area contributed by atoms with Crippen LogP contribution < -0.4 is 5.73 Å². The number of hydrogen-bond acceptors (Lipinski definition) is 2. The minimum atomic E-state index is -0.565. The van der Waals surface area contributed by atoms with Crippen molar-refractivity contribution in [3.63, 3.8) is 0 Å². The van der Waals surface area contributed by atoms with Gasteiger partial charge in [0.05, 0.1) is 10.4 Å². The van der Waals surface area contributed by atoms with Crippen molar-refractivity contribution in [1.29, 1.82) is 0 Å². The summed E-state index contributed by atoms with van der Waals surface area (Å²) in [5.41, 5.74) is 5.34. The molecule has 0 saturated heterocycles. The third-order valence-electron chi connectivity index (χ3n) is 4.40. The average molecular weight is 270 g/mol. The van der Waals surface area contributed by atoms with E-state index in [4.69, 9.17) is 18.0 Å². The van der Waals surface area contributed by atoms with Crippen LogP contribution >= 0.6 is 12.2 Å². The highest BCUT2D eigenvalue weighted by Gasteiger charge is 2.44. The largest absolute Gasteiger partial charge is 0.392 e. The van der Waals surface area contributed by atoms with Crippen molar-refractivity contribution >= 4 is 23.1 Å². The van der Waals surface area contributed by atoms with Crippen LogP contribution in [0.5, 0.6) is 0 Å². The fraction of sp³-hybridized carbons (Fsp3) is 0.857. The highest BCUT2D eigenvalue weighted by Crippen LogP contribution is 2.38. The van der Waals surface area contributed by atoms with Crippen LogP contribution in [0, 0.1) is 5.41 Å². The van der Waals surface area contributed by atoms with E-state index in [9.17, 15) is 4.79 Å². The maximum Gasteiger partial charge on any atom is 0.235 e. The maximum atomic E-state index is 12.8. The molecule has 1 rings (SSSR count). The normalized spacial score (nSPS) is 18.7. The summed E-state index contributed by atoms with van der Waals surface area (Å²) in [7, 11) is 1.90. The van der Waals surface area contributed by atoms with Crippen molar-refractivity contribution in [1.82, 2.24) is 4.90 Å². The minimum absolute atomic E-state index is 0.142. The number of nitrogens with zero attached hydrogens (tertiary/aromatic N) is 1. The second kappa shape index (κ2) is 6.50. The summed E-state index contributed by atoms with van der Waals surface area (Å²) in [6.45, 7) is 4.23. The lowest BCUT2D eigenvalue weighted by Gasteiger charge is -2.40. The molecule has 1 fully saturated rings. The van der Waals surface area contributed by atoms with Gasteiger partial charge in [-0.05, 0) is 25.7 Å². The van der Waals surface area contributed by atoms with Crippen molar-refractivity contribution in [3.05, 3.63) is 0 Å². The molecule has 0 bridgehead atoms. The Kier molecular flexibility index (Phi) is 5.57. The first-order valence-electron chi connectivity index (χ1n) is 7.06. The minimum Gasteiger partial charge on any atom is -0.392 e. The molecule has 3 nitrogen and oxygen atoms in total. The van der Waals surface area contributed by atoms with Gasteiger partial charge in [0.2, 0.25) is 5.91 Å². The van der Waals surface area contributed by atoms with E-state index in [1.54, 1.807) is 0 Å². The predicted molar refractivity (Wildman–Crippen MR) is 79.4 cm³/mol. The third kappa shape index (κ3) is 2.85. The average Bonchev–Trinajstić information content (AvgIpc) is 2.39. The zero-order valence-electron chi connectivity index (χ0n) is 11.9. The monoisotopic (exact) mass is 270 g/mol. The van der Waals surface area contributed by atoms with Crippen LogP contribution in [0.3, 0.4) is 0 Å². The molecule has 104 valence electrons. The molecule has 2 N–H and O–H groups in total. The van der Waals surface area contributed by atoms with Gasteiger partial charge in [0, 0.05) is 13.1 Å². The molecule has 0 spiro atoms. The van der Waals surface area contributed by atoms with Gasteiger partial charge >= 0.3 is 0 Å². The second-order valence-corrected chi connectivity index (χ2v) is 5.83. The lowest BCUT2D eigenvalue weighted by molar-refractivity contribution is -0.140. The first-order chi connectivity index (χ1) is 8.49. The fourth-order valence-corrected chi connectivity index (χ4v) is 3.35. The highest BCUT2D eigenvalue weighted by atomic mass is 32.1. The number of amides is 1. The van der Waals surface area contributed by atoms with Crippen LogP contribution in [0.4, 0.5) is 0 Å². The van der Waals surface area contributed by atoms with Crippen molar-refractivity contribution in [2.45, 2.75) is 64.8 Å². The van der Waals surface area contributed by atoms with E-state index in [0.717, 1.165) is 38.5 Å². The molecule has 1 aliphatic carbocycles. The molecule has 0 heterocycles. The quantitative estimate of drug-likeness (QED) is 0.781. The molecule has 1 aliphatic rings. The van der Waals surface area contributed by atoms with Crippen molar-refractivity contribution in [2.75, 3.05) is 7.05 Å². The number of hydrogen-bond donors (Lipinski definition) is 1. The Morgan fingerprint density at radius 1 is 1.28 bits per heavy atom. The first kappa shape index (κ1) is 15.4. The van der Waals surface area contributed by atoms with Gasteiger partial charge in [0.15, 0.2) is 0 Å². The Bertz CT molecular complexity index is 307. The Balaban J connectivity index is 2.92. The molecule has 0 atom stereocenters. The molecular weight excluding hydrogens is 244 g/mol.